The van der Waals surface area contributed by atoms with Crippen LogP contribution in [0, 0.1) is 6.92 Å². The van der Waals surface area contributed by atoms with Crippen LogP contribution in [-0.4, -0.2) is 0 Å². The fourth-order valence-electron chi connectivity index (χ4n) is 1.97. The van der Waals surface area contributed by atoms with E-state index in [1.54, 1.807) is 11.3 Å². The Morgan fingerprint density at radius 2 is 2.15 bits per heavy atom. The van der Waals surface area contributed by atoms with Gasteiger partial charge in [0.05, 0.1) is 5.00 Å². The first-order valence-electron chi connectivity index (χ1n) is 4.77. The standard InChI is InChI=1S/C11H15NS/c1-3-8-5-4-6-9-7(2)11(12)13-10(8)9/h3H,4-6,12H2,1-2H3/b8-3+. The number of nitrogen functional groups attached to an aromatic ring is 1. The largest absolute Gasteiger partial charge is 0.390 e. The van der Waals surface area contributed by atoms with Crippen LogP contribution in [0.1, 0.15) is 35.8 Å². The van der Waals surface area contributed by atoms with Crippen molar-refractivity contribution in [1.29, 1.82) is 0 Å². The third-order valence-corrected chi connectivity index (χ3v) is 4.06. The average molecular weight is 193 g/mol. The van der Waals surface area contributed by atoms with Gasteiger partial charge in [-0.05, 0) is 49.8 Å². The van der Waals surface area contributed by atoms with Gasteiger partial charge in [-0.15, -0.1) is 11.3 Å². The lowest BCUT2D eigenvalue weighted by molar-refractivity contribution is 0.824. The van der Waals surface area contributed by atoms with E-state index in [9.17, 15) is 0 Å². The Morgan fingerprint density at radius 1 is 1.38 bits per heavy atom. The molecule has 0 aromatic carbocycles. The molecular formula is C11H15NS. The van der Waals surface area contributed by atoms with Crippen LogP contribution in [0.25, 0.3) is 5.57 Å². The summed E-state index contributed by atoms with van der Waals surface area (Å²) in [5.74, 6) is 0. The molecule has 1 aromatic heterocycles. The van der Waals surface area contributed by atoms with Crippen LogP contribution in [0.3, 0.4) is 0 Å². The summed E-state index contributed by atoms with van der Waals surface area (Å²) in [5, 5.41) is 1.01. The van der Waals surface area contributed by atoms with E-state index in [1.165, 1.54) is 40.8 Å². The number of nitrogens with two attached hydrogens (primary N) is 1. The van der Waals surface area contributed by atoms with Gasteiger partial charge in [-0.25, -0.2) is 0 Å². The molecule has 1 aliphatic rings. The smallest absolute Gasteiger partial charge is 0.0895 e. The lowest BCUT2D eigenvalue weighted by atomic mass is 9.92. The van der Waals surface area contributed by atoms with Crippen LogP contribution in [0.4, 0.5) is 5.00 Å². The van der Waals surface area contributed by atoms with Crippen LogP contribution >= 0.6 is 11.3 Å². The van der Waals surface area contributed by atoms with Crippen LogP contribution < -0.4 is 5.73 Å². The topological polar surface area (TPSA) is 26.0 Å². The van der Waals surface area contributed by atoms with Gasteiger partial charge in [0, 0.05) is 4.88 Å². The van der Waals surface area contributed by atoms with Crippen molar-refractivity contribution in [3.05, 3.63) is 22.1 Å². The summed E-state index contributed by atoms with van der Waals surface area (Å²) in [6.07, 6.45) is 5.95. The Hall–Kier alpha value is -0.760. The molecule has 2 rings (SSSR count). The fourth-order valence-corrected chi connectivity index (χ4v) is 3.20. The Labute approximate surface area is 83.3 Å². The molecule has 1 aromatic rings. The molecule has 0 amide bonds. The van der Waals surface area contributed by atoms with E-state index in [2.05, 4.69) is 19.9 Å². The summed E-state index contributed by atoms with van der Waals surface area (Å²) in [7, 11) is 0. The van der Waals surface area contributed by atoms with E-state index in [1.807, 2.05) is 0 Å². The molecule has 0 spiro atoms. The first-order valence-corrected chi connectivity index (χ1v) is 5.59. The van der Waals surface area contributed by atoms with Gasteiger partial charge in [0.15, 0.2) is 0 Å². The van der Waals surface area contributed by atoms with E-state index in [4.69, 9.17) is 5.73 Å². The van der Waals surface area contributed by atoms with Crippen molar-refractivity contribution < 1.29 is 0 Å². The summed E-state index contributed by atoms with van der Waals surface area (Å²) >= 11 is 1.76. The third kappa shape index (κ3) is 1.29. The molecule has 0 aliphatic heterocycles. The Kier molecular flexibility index (Phi) is 2.16. The highest BCUT2D eigenvalue weighted by Crippen LogP contribution is 2.41. The highest BCUT2D eigenvalue weighted by atomic mass is 32.1. The fraction of sp³-hybridized carbons (Fsp3) is 0.455. The summed E-state index contributed by atoms with van der Waals surface area (Å²) in [6, 6.07) is 0. The van der Waals surface area contributed by atoms with Crippen LogP contribution in [-0.2, 0) is 6.42 Å². The number of rotatable bonds is 0. The SMILES string of the molecule is C/C=C1\CCCc2c1sc(N)c2C. The molecular weight excluding hydrogens is 178 g/mol. The maximum Gasteiger partial charge on any atom is 0.0895 e. The summed E-state index contributed by atoms with van der Waals surface area (Å²) in [4.78, 5) is 1.45. The minimum absolute atomic E-state index is 1.01. The summed E-state index contributed by atoms with van der Waals surface area (Å²) in [6.45, 7) is 4.26. The Bertz CT molecular complexity index is 360. The molecule has 1 heterocycles. The second-order valence-corrected chi connectivity index (χ2v) is 4.62. The van der Waals surface area contributed by atoms with E-state index in [-0.39, 0.29) is 0 Å². The summed E-state index contributed by atoms with van der Waals surface area (Å²) < 4.78 is 0. The quantitative estimate of drug-likeness (QED) is 0.671. The van der Waals surface area contributed by atoms with Crippen molar-refractivity contribution >= 4 is 21.9 Å². The zero-order chi connectivity index (χ0) is 9.42. The molecule has 1 nitrogen and oxygen atoms in total. The number of anilines is 1. The molecule has 70 valence electrons. The van der Waals surface area contributed by atoms with Gasteiger partial charge in [-0.3, -0.25) is 0 Å². The van der Waals surface area contributed by atoms with Crippen LogP contribution in [0.2, 0.25) is 0 Å². The second kappa shape index (κ2) is 3.18. The predicted molar refractivity (Wildman–Crippen MR) is 60.1 cm³/mol. The molecule has 0 bridgehead atoms. The normalized spacial score (nSPS) is 19.1. The molecule has 13 heavy (non-hydrogen) atoms. The first kappa shape index (κ1) is 8.82. The Morgan fingerprint density at radius 3 is 2.85 bits per heavy atom. The maximum absolute atomic E-state index is 5.93. The van der Waals surface area contributed by atoms with Crippen molar-refractivity contribution in [3.63, 3.8) is 0 Å². The van der Waals surface area contributed by atoms with Gasteiger partial charge in [-0.2, -0.15) is 0 Å². The van der Waals surface area contributed by atoms with Crippen molar-refractivity contribution in [2.24, 2.45) is 0 Å². The number of fused-ring (bicyclic) bond motifs is 1. The second-order valence-electron chi connectivity index (χ2n) is 3.57. The van der Waals surface area contributed by atoms with E-state index >= 15 is 0 Å². The maximum atomic E-state index is 5.93. The van der Waals surface area contributed by atoms with Crippen molar-refractivity contribution in [3.8, 4) is 0 Å². The van der Waals surface area contributed by atoms with E-state index in [0.29, 0.717) is 0 Å². The van der Waals surface area contributed by atoms with E-state index in [0.717, 1.165) is 5.00 Å². The number of hydrogen-bond acceptors (Lipinski definition) is 2. The lowest BCUT2D eigenvalue weighted by Crippen LogP contribution is -1.98. The molecule has 2 N–H and O–H groups in total. The third-order valence-electron chi connectivity index (χ3n) is 2.82. The zero-order valence-corrected chi connectivity index (χ0v) is 9.00. The van der Waals surface area contributed by atoms with E-state index < -0.39 is 0 Å². The minimum Gasteiger partial charge on any atom is -0.390 e. The summed E-state index contributed by atoms with van der Waals surface area (Å²) in [5.41, 5.74) is 10.2. The van der Waals surface area contributed by atoms with Gasteiger partial charge >= 0.3 is 0 Å². The van der Waals surface area contributed by atoms with Gasteiger partial charge in [0.1, 0.15) is 0 Å². The lowest BCUT2D eigenvalue weighted by Gasteiger charge is -2.14. The molecule has 0 atom stereocenters. The van der Waals surface area contributed by atoms with Crippen molar-refractivity contribution in [1.82, 2.24) is 0 Å². The van der Waals surface area contributed by atoms with Gasteiger partial charge in [0.2, 0.25) is 0 Å². The van der Waals surface area contributed by atoms with Gasteiger partial charge in [0.25, 0.3) is 0 Å². The highest BCUT2D eigenvalue weighted by molar-refractivity contribution is 7.17. The van der Waals surface area contributed by atoms with Crippen LogP contribution in [0.15, 0.2) is 6.08 Å². The molecule has 0 fully saturated rings. The molecule has 0 saturated heterocycles. The number of allylic oxidation sites excluding steroid dienone is 2. The average Bonchev–Trinajstić information content (AvgIpc) is 2.43. The van der Waals surface area contributed by atoms with Crippen molar-refractivity contribution in [2.45, 2.75) is 33.1 Å². The molecule has 1 aliphatic carbocycles. The predicted octanol–water partition coefficient (Wildman–Crippen LogP) is 3.38. The van der Waals surface area contributed by atoms with Gasteiger partial charge in [-0.1, -0.05) is 6.08 Å². The monoisotopic (exact) mass is 193 g/mol. The molecule has 0 radical (unpaired) electrons. The molecule has 0 saturated carbocycles. The number of thiophene rings is 1. The van der Waals surface area contributed by atoms with Gasteiger partial charge < -0.3 is 5.73 Å². The number of hydrogen-bond donors (Lipinski definition) is 1. The minimum atomic E-state index is 1.01. The molecule has 2 heteroatoms. The first-order chi connectivity index (χ1) is 6.24. The highest BCUT2D eigenvalue weighted by Gasteiger charge is 2.19. The van der Waals surface area contributed by atoms with Crippen molar-refractivity contribution in [2.75, 3.05) is 5.73 Å². The molecule has 0 unspecified atom stereocenters. The van der Waals surface area contributed by atoms with Crippen LogP contribution in [0.5, 0.6) is 0 Å². The zero-order valence-electron chi connectivity index (χ0n) is 8.18. The Balaban J connectivity index is 2.58.